The summed E-state index contributed by atoms with van der Waals surface area (Å²) in [5, 5.41) is 0.572. The van der Waals surface area contributed by atoms with Crippen LogP contribution in [0.4, 0.5) is 0 Å². The number of carbonyl (C=O) groups excluding carboxylic acids is 1. The molecule has 0 aliphatic heterocycles. The van der Waals surface area contributed by atoms with Gasteiger partial charge in [-0.25, -0.2) is 9.78 Å². The van der Waals surface area contributed by atoms with Crippen molar-refractivity contribution in [2.75, 3.05) is 34.0 Å². The molecule has 33 heavy (non-hydrogen) atoms. The summed E-state index contributed by atoms with van der Waals surface area (Å²) in [6, 6.07) is 5.40. The maximum atomic E-state index is 12.7. The molecule has 3 rings (SSSR count). The van der Waals surface area contributed by atoms with Crippen LogP contribution in [0.3, 0.4) is 0 Å². The standard InChI is InChI=1S/C23H25ClN2O6S/c1-5-8-31-17-12-14(6-7-16(17)30-4)11-15(24)20-25-21(27)18-13(2)19(33-22(18)26-20)23(28)32-10-9-29-3/h6-7,11-12H,5,8-10H2,1-4H3,(H,25,26,27)/b15-11-. The largest absolute Gasteiger partial charge is 0.493 e. The van der Waals surface area contributed by atoms with Crippen LogP contribution < -0.4 is 15.0 Å². The quantitative estimate of drug-likeness (QED) is 0.325. The van der Waals surface area contributed by atoms with Crippen molar-refractivity contribution in [3.05, 3.63) is 50.4 Å². The normalized spacial score (nSPS) is 11.6. The van der Waals surface area contributed by atoms with Crippen molar-refractivity contribution in [1.82, 2.24) is 9.97 Å². The van der Waals surface area contributed by atoms with Crippen molar-refractivity contribution < 1.29 is 23.7 Å². The highest BCUT2D eigenvalue weighted by atomic mass is 35.5. The molecule has 8 nitrogen and oxygen atoms in total. The number of aryl methyl sites for hydroxylation is 1. The average molecular weight is 493 g/mol. The Morgan fingerprint density at radius 3 is 2.70 bits per heavy atom. The van der Waals surface area contributed by atoms with Crippen molar-refractivity contribution in [3.63, 3.8) is 0 Å². The van der Waals surface area contributed by atoms with Gasteiger partial charge in [-0.15, -0.1) is 11.3 Å². The summed E-state index contributed by atoms with van der Waals surface area (Å²) in [5.41, 5.74) is 0.887. The number of aromatic nitrogens is 2. The Morgan fingerprint density at radius 2 is 2.00 bits per heavy atom. The molecule has 0 aliphatic rings. The Balaban J connectivity index is 1.94. The van der Waals surface area contributed by atoms with Crippen LogP contribution in [0, 0.1) is 6.92 Å². The lowest BCUT2D eigenvalue weighted by molar-refractivity contribution is 0.0393. The minimum absolute atomic E-state index is 0.123. The van der Waals surface area contributed by atoms with Crippen LogP contribution in [0.2, 0.25) is 0 Å². The molecule has 0 saturated carbocycles. The van der Waals surface area contributed by atoms with E-state index >= 15 is 0 Å². The third kappa shape index (κ3) is 5.73. The molecule has 0 bridgehead atoms. The van der Waals surface area contributed by atoms with Gasteiger partial charge < -0.3 is 23.9 Å². The summed E-state index contributed by atoms with van der Waals surface area (Å²) >= 11 is 7.58. The van der Waals surface area contributed by atoms with Crippen molar-refractivity contribution in [2.24, 2.45) is 0 Å². The number of fused-ring (bicyclic) bond motifs is 1. The molecular weight excluding hydrogens is 468 g/mol. The van der Waals surface area contributed by atoms with Crippen molar-refractivity contribution in [2.45, 2.75) is 20.3 Å². The first-order valence-corrected chi connectivity index (χ1v) is 11.5. The molecule has 176 valence electrons. The molecule has 1 aromatic carbocycles. The first-order chi connectivity index (χ1) is 15.9. The minimum Gasteiger partial charge on any atom is -0.493 e. The lowest BCUT2D eigenvalue weighted by Gasteiger charge is -2.10. The van der Waals surface area contributed by atoms with Gasteiger partial charge in [0, 0.05) is 7.11 Å². The zero-order valence-electron chi connectivity index (χ0n) is 18.8. The van der Waals surface area contributed by atoms with E-state index in [2.05, 4.69) is 9.97 Å². The third-order valence-electron chi connectivity index (χ3n) is 4.68. The van der Waals surface area contributed by atoms with E-state index in [0.717, 1.165) is 23.3 Å². The number of halogens is 1. The van der Waals surface area contributed by atoms with Crippen molar-refractivity contribution >= 4 is 50.2 Å². The third-order valence-corrected chi connectivity index (χ3v) is 6.13. The second kappa shape index (κ2) is 11.3. The van der Waals surface area contributed by atoms with Gasteiger partial charge in [0.2, 0.25) is 0 Å². The maximum absolute atomic E-state index is 12.7. The van der Waals surface area contributed by atoms with Crippen molar-refractivity contribution in [1.29, 1.82) is 0 Å². The molecule has 2 heterocycles. The first-order valence-electron chi connectivity index (χ1n) is 10.3. The maximum Gasteiger partial charge on any atom is 0.348 e. The molecule has 0 atom stereocenters. The Kier molecular flexibility index (Phi) is 8.49. The highest BCUT2D eigenvalue weighted by molar-refractivity contribution is 7.20. The summed E-state index contributed by atoms with van der Waals surface area (Å²) in [6.07, 6.45) is 2.53. The molecule has 2 aromatic heterocycles. The van der Waals surface area contributed by atoms with E-state index in [0.29, 0.717) is 38.8 Å². The van der Waals surface area contributed by atoms with Crippen LogP contribution in [0.25, 0.3) is 21.3 Å². The fraction of sp³-hybridized carbons (Fsp3) is 0.348. The second-order valence-electron chi connectivity index (χ2n) is 7.03. The van der Waals surface area contributed by atoms with Gasteiger partial charge in [0.1, 0.15) is 16.3 Å². The smallest absolute Gasteiger partial charge is 0.348 e. The molecule has 0 amide bonds. The predicted molar refractivity (Wildman–Crippen MR) is 130 cm³/mol. The second-order valence-corrected chi connectivity index (χ2v) is 8.44. The van der Waals surface area contributed by atoms with Crippen LogP contribution in [0.5, 0.6) is 11.5 Å². The van der Waals surface area contributed by atoms with Gasteiger partial charge in [0.25, 0.3) is 5.56 Å². The fourth-order valence-corrected chi connectivity index (χ4v) is 4.35. The Bertz CT molecular complexity index is 1230. The van der Waals surface area contributed by atoms with Gasteiger partial charge in [0.05, 0.1) is 30.7 Å². The van der Waals surface area contributed by atoms with Gasteiger partial charge >= 0.3 is 5.97 Å². The van der Waals surface area contributed by atoms with Gasteiger partial charge in [0.15, 0.2) is 17.3 Å². The molecule has 0 spiro atoms. The van der Waals surface area contributed by atoms with E-state index in [4.69, 9.17) is 30.5 Å². The number of H-pyrrole nitrogens is 1. The molecule has 0 aliphatic carbocycles. The van der Waals surface area contributed by atoms with E-state index in [-0.39, 0.29) is 29.6 Å². The Hall–Kier alpha value is -2.88. The average Bonchev–Trinajstić information content (AvgIpc) is 3.14. The summed E-state index contributed by atoms with van der Waals surface area (Å²) in [7, 11) is 3.09. The van der Waals surface area contributed by atoms with Crippen LogP contribution in [-0.2, 0) is 9.47 Å². The SMILES string of the molecule is CCCOc1cc(/C=C(\Cl)c2nc3sc(C(=O)OCCOC)c(C)c3c(=O)[nH]2)ccc1OC. The highest BCUT2D eigenvalue weighted by Gasteiger charge is 2.21. The first kappa shape index (κ1) is 24.8. The molecule has 0 unspecified atom stereocenters. The molecule has 0 radical (unpaired) electrons. The van der Waals surface area contributed by atoms with E-state index in [1.54, 1.807) is 32.2 Å². The number of nitrogens with one attached hydrogen (secondary N) is 1. The Morgan fingerprint density at radius 1 is 1.21 bits per heavy atom. The number of hydrogen-bond acceptors (Lipinski definition) is 8. The van der Waals surface area contributed by atoms with Gasteiger partial charge in [-0.3, -0.25) is 4.79 Å². The summed E-state index contributed by atoms with van der Waals surface area (Å²) < 4.78 is 21.1. The zero-order chi connectivity index (χ0) is 24.0. The molecule has 3 aromatic rings. The molecule has 0 fully saturated rings. The van der Waals surface area contributed by atoms with E-state index in [9.17, 15) is 9.59 Å². The fourth-order valence-electron chi connectivity index (χ4n) is 3.06. The number of carbonyl (C=O) groups is 1. The van der Waals surface area contributed by atoms with Crippen LogP contribution >= 0.6 is 22.9 Å². The summed E-state index contributed by atoms with van der Waals surface area (Å²) in [5.74, 6) is 0.887. The number of methoxy groups -OCH3 is 2. The Labute approximate surface area is 200 Å². The lowest BCUT2D eigenvalue weighted by atomic mass is 10.2. The number of esters is 1. The molecule has 1 N–H and O–H groups in total. The van der Waals surface area contributed by atoms with E-state index in [1.807, 2.05) is 13.0 Å². The zero-order valence-corrected chi connectivity index (χ0v) is 20.4. The number of ether oxygens (including phenoxy) is 4. The minimum atomic E-state index is -0.520. The monoisotopic (exact) mass is 492 g/mol. The highest BCUT2D eigenvalue weighted by Crippen LogP contribution is 2.32. The predicted octanol–water partition coefficient (Wildman–Crippen LogP) is 4.63. The number of thiophene rings is 1. The van der Waals surface area contributed by atoms with Gasteiger partial charge in [-0.1, -0.05) is 24.6 Å². The summed E-state index contributed by atoms with van der Waals surface area (Å²) in [6.45, 7) is 4.67. The number of rotatable bonds is 10. The van der Waals surface area contributed by atoms with Crippen molar-refractivity contribution in [3.8, 4) is 11.5 Å². The molecular formula is C23H25ClN2O6S. The lowest BCUT2D eigenvalue weighted by Crippen LogP contribution is -2.11. The topological polar surface area (TPSA) is 99.7 Å². The summed E-state index contributed by atoms with van der Waals surface area (Å²) in [4.78, 5) is 33.0. The van der Waals surface area contributed by atoms with E-state index < -0.39 is 5.97 Å². The molecule has 10 heteroatoms. The van der Waals surface area contributed by atoms with Crippen LogP contribution in [0.1, 0.15) is 40.0 Å². The van der Waals surface area contributed by atoms with E-state index in [1.165, 1.54) is 7.11 Å². The number of aromatic amines is 1. The van der Waals surface area contributed by atoms with Crippen LogP contribution in [0.15, 0.2) is 23.0 Å². The number of nitrogens with zero attached hydrogens (tertiary/aromatic N) is 1. The van der Waals surface area contributed by atoms with Gasteiger partial charge in [-0.2, -0.15) is 0 Å². The number of benzene rings is 1. The molecule has 0 saturated heterocycles. The van der Waals surface area contributed by atoms with Crippen LogP contribution in [-0.4, -0.2) is 50.0 Å². The number of hydrogen-bond donors (Lipinski definition) is 1. The van der Waals surface area contributed by atoms with Gasteiger partial charge in [-0.05, 0) is 42.7 Å².